The van der Waals surface area contributed by atoms with Crippen LogP contribution < -0.4 is 5.73 Å². The summed E-state index contributed by atoms with van der Waals surface area (Å²) in [7, 11) is 0. The number of rotatable bonds is 0. The van der Waals surface area contributed by atoms with Crippen LogP contribution in [0, 0.1) is 0 Å². The van der Waals surface area contributed by atoms with Gasteiger partial charge in [0.1, 0.15) is 0 Å². The van der Waals surface area contributed by atoms with Crippen LogP contribution in [-0.4, -0.2) is 0 Å². The van der Waals surface area contributed by atoms with Gasteiger partial charge < -0.3 is 5.73 Å². The van der Waals surface area contributed by atoms with Gasteiger partial charge in [-0.1, -0.05) is 0 Å². The Morgan fingerprint density at radius 1 is 1.12 bits per heavy atom. The number of hydrogen-bond donors (Lipinski definition) is 1. The minimum absolute atomic E-state index is 0.000741. The van der Waals surface area contributed by atoms with Gasteiger partial charge in [0.15, 0.2) is 5.75 Å². The van der Waals surface area contributed by atoms with E-state index in [9.17, 15) is 5.11 Å². The molecule has 0 fully saturated rings. The average Bonchev–Trinajstić information content (AvgIpc) is 1.77. The predicted octanol–water partition coefficient (Wildman–Crippen LogP) is 1.41. The van der Waals surface area contributed by atoms with Gasteiger partial charge in [-0.15, -0.1) is 0 Å². The van der Waals surface area contributed by atoms with Crippen molar-refractivity contribution >= 4 is 5.69 Å². The van der Waals surface area contributed by atoms with Crippen LogP contribution in [0.25, 0.3) is 0 Å². The lowest BCUT2D eigenvalue weighted by molar-refractivity contribution is 0.355. The molecule has 0 amide bonds. The fourth-order valence-corrected chi connectivity index (χ4v) is 0.468. The zero-order valence-corrected chi connectivity index (χ0v) is 4.29. The molecule has 0 bridgehead atoms. The Morgan fingerprint density at radius 2 is 1.62 bits per heavy atom. The van der Waals surface area contributed by atoms with E-state index in [4.69, 9.17) is 5.73 Å². The third-order valence-corrected chi connectivity index (χ3v) is 0.880. The summed E-state index contributed by atoms with van der Waals surface area (Å²) in [4.78, 5) is 0. The summed E-state index contributed by atoms with van der Waals surface area (Å²) in [6.45, 7) is 0. The lowest BCUT2D eigenvalue weighted by atomic mass is 10.3. The fourth-order valence-electron chi connectivity index (χ4n) is 0.468. The van der Waals surface area contributed by atoms with Crippen molar-refractivity contribution in [1.82, 2.24) is 0 Å². The van der Waals surface area contributed by atoms with E-state index in [0.29, 0.717) is 5.69 Å². The zero-order chi connectivity index (χ0) is 5.98. The SMILES string of the molecule is Nc1ccc([O])cc1. The molecule has 8 heavy (non-hydrogen) atoms. The second kappa shape index (κ2) is 1.74. The Hall–Kier alpha value is -1.18. The first-order valence-corrected chi connectivity index (χ1v) is 2.31. The largest absolute Gasteiger partial charge is 0.399 e. The van der Waals surface area contributed by atoms with E-state index in [1.54, 1.807) is 12.1 Å². The van der Waals surface area contributed by atoms with Gasteiger partial charge in [0.2, 0.25) is 0 Å². The third kappa shape index (κ3) is 0.904. The van der Waals surface area contributed by atoms with Gasteiger partial charge in [0, 0.05) is 5.69 Å². The fraction of sp³-hybridized carbons (Fsp3) is 0. The maximum Gasteiger partial charge on any atom is 0.178 e. The topological polar surface area (TPSA) is 45.9 Å². The molecule has 0 aliphatic carbocycles. The highest BCUT2D eigenvalue weighted by atomic mass is 16.3. The standard InChI is InChI=1S/C6H6NO/c7-5-1-3-6(8)4-2-5/h1-4H,7H2. The van der Waals surface area contributed by atoms with Crippen LogP contribution in [0.1, 0.15) is 0 Å². The van der Waals surface area contributed by atoms with Crippen molar-refractivity contribution in [3.63, 3.8) is 0 Å². The number of anilines is 1. The molecule has 0 aliphatic heterocycles. The van der Waals surface area contributed by atoms with E-state index in [-0.39, 0.29) is 5.75 Å². The van der Waals surface area contributed by atoms with Crippen LogP contribution >= 0.6 is 0 Å². The lowest BCUT2D eigenvalue weighted by Crippen LogP contribution is -1.79. The van der Waals surface area contributed by atoms with Gasteiger partial charge in [-0.05, 0) is 24.3 Å². The molecule has 1 radical (unpaired) electrons. The Kier molecular flexibility index (Phi) is 1.08. The van der Waals surface area contributed by atoms with Gasteiger partial charge in [-0.3, -0.25) is 5.11 Å². The Morgan fingerprint density at radius 3 is 2.00 bits per heavy atom. The molecule has 0 spiro atoms. The summed E-state index contributed by atoms with van der Waals surface area (Å²) < 4.78 is 0. The third-order valence-electron chi connectivity index (χ3n) is 0.880. The van der Waals surface area contributed by atoms with Gasteiger partial charge in [0.25, 0.3) is 0 Å². The summed E-state index contributed by atoms with van der Waals surface area (Å²) in [5, 5.41) is 10.4. The molecule has 1 aromatic rings. The summed E-state index contributed by atoms with van der Waals surface area (Å²) >= 11 is 0. The van der Waals surface area contributed by atoms with Crippen molar-refractivity contribution in [2.24, 2.45) is 0 Å². The molecule has 2 nitrogen and oxygen atoms in total. The van der Waals surface area contributed by atoms with Crippen molar-refractivity contribution in [2.75, 3.05) is 5.73 Å². The molecule has 0 heterocycles. The van der Waals surface area contributed by atoms with Crippen molar-refractivity contribution < 1.29 is 5.11 Å². The molecular weight excluding hydrogens is 102 g/mol. The predicted molar refractivity (Wildman–Crippen MR) is 31.0 cm³/mol. The highest BCUT2D eigenvalue weighted by Gasteiger charge is 1.85. The highest BCUT2D eigenvalue weighted by Crippen LogP contribution is 2.10. The molecule has 41 valence electrons. The summed E-state index contributed by atoms with van der Waals surface area (Å²) in [5.74, 6) is -0.000741. The first kappa shape index (κ1) is 4.97. The van der Waals surface area contributed by atoms with Gasteiger partial charge in [0.05, 0.1) is 0 Å². The summed E-state index contributed by atoms with van der Waals surface area (Å²) in [6, 6.07) is 6.05. The van der Waals surface area contributed by atoms with Crippen molar-refractivity contribution in [3.05, 3.63) is 24.3 Å². The van der Waals surface area contributed by atoms with E-state index >= 15 is 0 Å². The van der Waals surface area contributed by atoms with E-state index < -0.39 is 0 Å². The number of nitrogens with two attached hydrogens (primary N) is 1. The second-order valence-electron chi connectivity index (χ2n) is 1.57. The Bertz CT molecular complexity index is 147. The van der Waals surface area contributed by atoms with Gasteiger partial charge in [-0.2, -0.15) is 0 Å². The van der Waals surface area contributed by atoms with Crippen molar-refractivity contribution in [1.29, 1.82) is 0 Å². The zero-order valence-electron chi connectivity index (χ0n) is 4.29. The first-order valence-electron chi connectivity index (χ1n) is 2.31. The van der Waals surface area contributed by atoms with E-state index in [1.165, 1.54) is 12.1 Å². The van der Waals surface area contributed by atoms with Gasteiger partial charge in [-0.25, -0.2) is 0 Å². The van der Waals surface area contributed by atoms with Gasteiger partial charge >= 0.3 is 0 Å². The number of hydrogen-bond acceptors (Lipinski definition) is 1. The minimum Gasteiger partial charge on any atom is -0.399 e. The van der Waals surface area contributed by atoms with Crippen LogP contribution in [0.4, 0.5) is 5.69 Å². The molecule has 0 aromatic heterocycles. The smallest absolute Gasteiger partial charge is 0.178 e. The molecule has 2 heteroatoms. The molecule has 1 aromatic carbocycles. The summed E-state index contributed by atoms with van der Waals surface area (Å²) in [6.07, 6.45) is 0. The minimum atomic E-state index is -0.000741. The maximum absolute atomic E-state index is 10.4. The molecule has 0 unspecified atom stereocenters. The van der Waals surface area contributed by atoms with Crippen molar-refractivity contribution in [2.45, 2.75) is 0 Å². The molecule has 0 saturated heterocycles. The monoisotopic (exact) mass is 108 g/mol. The quantitative estimate of drug-likeness (QED) is 0.502. The molecule has 2 N–H and O–H groups in total. The average molecular weight is 108 g/mol. The maximum atomic E-state index is 10.4. The van der Waals surface area contributed by atoms with Crippen LogP contribution in [-0.2, 0) is 5.11 Å². The molecule has 1 rings (SSSR count). The molecular formula is C6H6NO. The van der Waals surface area contributed by atoms with E-state index in [2.05, 4.69) is 0 Å². The van der Waals surface area contributed by atoms with Crippen LogP contribution in [0.5, 0.6) is 5.75 Å². The number of benzene rings is 1. The first-order chi connectivity index (χ1) is 3.79. The molecule has 0 saturated carbocycles. The Balaban J connectivity index is 3.03. The van der Waals surface area contributed by atoms with E-state index in [0.717, 1.165) is 0 Å². The van der Waals surface area contributed by atoms with E-state index in [1.807, 2.05) is 0 Å². The van der Waals surface area contributed by atoms with Crippen LogP contribution in [0.3, 0.4) is 0 Å². The van der Waals surface area contributed by atoms with Crippen molar-refractivity contribution in [3.8, 4) is 5.75 Å². The Labute approximate surface area is 47.6 Å². The van der Waals surface area contributed by atoms with Crippen LogP contribution in [0.15, 0.2) is 24.3 Å². The molecule has 0 aliphatic rings. The molecule has 0 atom stereocenters. The number of nitrogen functional groups attached to an aromatic ring is 1. The second-order valence-corrected chi connectivity index (χ2v) is 1.57. The highest BCUT2D eigenvalue weighted by molar-refractivity contribution is 5.40. The normalized spacial score (nSPS) is 9.00. The van der Waals surface area contributed by atoms with Crippen LogP contribution in [0.2, 0.25) is 0 Å². The summed E-state index contributed by atoms with van der Waals surface area (Å²) in [5.41, 5.74) is 5.92. The lowest BCUT2D eigenvalue weighted by Gasteiger charge is -1.86.